The van der Waals surface area contributed by atoms with Crippen LogP contribution < -0.4 is 5.32 Å². The summed E-state index contributed by atoms with van der Waals surface area (Å²) in [4.78, 5) is 5.21. The van der Waals surface area contributed by atoms with Gasteiger partial charge in [0.15, 0.2) is 0 Å². The number of nitrogens with one attached hydrogen (secondary N) is 1. The van der Waals surface area contributed by atoms with Crippen molar-refractivity contribution >= 4 is 0 Å². The van der Waals surface area contributed by atoms with Crippen molar-refractivity contribution in [1.82, 2.24) is 15.1 Å². The highest BCUT2D eigenvalue weighted by Crippen LogP contribution is 2.31. The smallest absolute Gasteiger partial charge is 0.00965 e. The summed E-state index contributed by atoms with van der Waals surface area (Å²) in [6.07, 6.45) is 7.18. The number of likely N-dealkylation sites (tertiary alicyclic amines) is 2. The second-order valence-electron chi connectivity index (χ2n) is 6.81. The zero-order valence-corrected chi connectivity index (χ0v) is 11.9. The Kier molecular flexibility index (Phi) is 4.22. The van der Waals surface area contributed by atoms with E-state index in [1.165, 1.54) is 71.4 Å². The molecule has 2 unspecified atom stereocenters. The lowest BCUT2D eigenvalue weighted by Gasteiger charge is -2.30. The molecule has 1 saturated carbocycles. The molecular formula is C15H29N3. The van der Waals surface area contributed by atoms with Gasteiger partial charge in [0, 0.05) is 19.1 Å². The van der Waals surface area contributed by atoms with E-state index in [1.807, 2.05) is 0 Å². The lowest BCUT2D eigenvalue weighted by atomic mass is 9.98. The van der Waals surface area contributed by atoms with E-state index in [9.17, 15) is 0 Å². The number of hydrogen-bond donors (Lipinski definition) is 1. The minimum atomic E-state index is 0.893. The number of nitrogens with zero attached hydrogens (tertiary/aromatic N) is 2. The minimum Gasteiger partial charge on any atom is -0.316 e. The van der Waals surface area contributed by atoms with Crippen molar-refractivity contribution in [2.75, 3.05) is 46.3 Å². The molecule has 2 saturated heterocycles. The van der Waals surface area contributed by atoms with Crippen LogP contribution in [0.3, 0.4) is 0 Å². The molecule has 2 heterocycles. The molecule has 0 aromatic rings. The lowest BCUT2D eigenvalue weighted by Crippen LogP contribution is -2.38. The van der Waals surface area contributed by atoms with Gasteiger partial charge in [-0.3, -0.25) is 0 Å². The largest absolute Gasteiger partial charge is 0.316 e. The fraction of sp³-hybridized carbons (Fsp3) is 1.00. The normalized spacial score (nSPS) is 35.2. The third-order valence-corrected chi connectivity index (χ3v) is 4.97. The highest BCUT2D eigenvalue weighted by Gasteiger charge is 2.34. The van der Waals surface area contributed by atoms with Crippen LogP contribution in [0.25, 0.3) is 0 Å². The first-order valence-corrected chi connectivity index (χ1v) is 7.94. The molecule has 2 aliphatic heterocycles. The van der Waals surface area contributed by atoms with Gasteiger partial charge in [-0.05, 0) is 77.2 Å². The van der Waals surface area contributed by atoms with E-state index in [2.05, 4.69) is 22.2 Å². The van der Waals surface area contributed by atoms with Gasteiger partial charge < -0.3 is 15.1 Å². The van der Waals surface area contributed by atoms with E-state index >= 15 is 0 Å². The summed E-state index contributed by atoms with van der Waals surface area (Å²) in [6, 6.07) is 0.974. The summed E-state index contributed by atoms with van der Waals surface area (Å²) in [5, 5.41) is 3.74. The molecule has 0 spiro atoms. The maximum atomic E-state index is 3.74. The van der Waals surface area contributed by atoms with Crippen LogP contribution in [0, 0.1) is 11.8 Å². The highest BCUT2D eigenvalue weighted by atomic mass is 15.2. The third kappa shape index (κ3) is 3.46. The van der Waals surface area contributed by atoms with Gasteiger partial charge in [-0.15, -0.1) is 0 Å². The maximum absolute atomic E-state index is 3.74. The summed E-state index contributed by atoms with van der Waals surface area (Å²) >= 11 is 0. The summed E-state index contributed by atoms with van der Waals surface area (Å²) in [6.45, 7) is 7.82. The molecule has 104 valence electrons. The summed E-state index contributed by atoms with van der Waals surface area (Å²) < 4.78 is 0. The fourth-order valence-corrected chi connectivity index (χ4v) is 3.73. The maximum Gasteiger partial charge on any atom is 0.00965 e. The summed E-state index contributed by atoms with van der Waals surface area (Å²) in [5.41, 5.74) is 0. The standard InChI is InChI=1S/C15H29N3/c1-17-7-2-3-13(11-17)9-16-10-14-6-8-18(12-14)15-4-5-15/h13-16H,2-12H2,1H3. The van der Waals surface area contributed by atoms with Crippen LogP contribution in [0.4, 0.5) is 0 Å². The Bertz CT molecular complexity index is 264. The molecule has 0 aromatic carbocycles. The molecule has 0 amide bonds. The number of rotatable bonds is 5. The van der Waals surface area contributed by atoms with Crippen molar-refractivity contribution in [2.45, 2.75) is 38.1 Å². The van der Waals surface area contributed by atoms with Gasteiger partial charge in [0.05, 0.1) is 0 Å². The molecule has 18 heavy (non-hydrogen) atoms. The van der Waals surface area contributed by atoms with Gasteiger partial charge >= 0.3 is 0 Å². The van der Waals surface area contributed by atoms with Crippen LogP contribution in [0.1, 0.15) is 32.1 Å². The van der Waals surface area contributed by atoms with Crippen LogP contribution in [0.2, 0.25) is 0 Å². The predicted molar refractivity (Wildman–Crippen MR) is 75.8 cm³/mol. The van der Waals surface area contributed by atoms with Crippen LogP contribution in [0.5, 0.6) is 0 Å². The van der Waals surface area contributed by atoms with E-state index < -0.39 is 0 Å². The van der Waals surface area contributed by atoms with Gasteiger partial charge in [0.25, 0.3) is 0 Å². The molecule has 3 aliphatic rings. The molecule has 3 nitrogen and oxygen atoms in total. The minimum absolute atomic E-state index is 0.893. The summed E-state index contributed by atoms with van der Waals surface area (Å²) in [7, 11) is 2.26. The van der Waals surface area contributed by atoms with Crippen molar-refractivity contribution in [3.8, 4) is 0 Å². The fourth-order valence-electron chi connectivity index (χ4n) is 3.73. The Balaban J connectivity index is 1.30. The van der Waals surface area contributed by atoms with E-state index in [1.54, 1.807) is 0 Å². The van der Waals surface area contributed by atoms with E-state index in [0.717, 1.165) is 17.9 Å². The molecule has 3 rings (SSSR count). The van der Waals surface area contributed by atoms with Crippen molar-refractivity contribution < 1.29 is 0 Å². The topological polar surface area (TPSA) is 18.5 Å². The van der Waals surface area contributed by atoms with Crippen molar-refractivity contribution in [3.63, 3.8) is 0 Å². The Morgan fingerprint density at radius 2 is 1.72 bits per heavy atom. The Morgan fingerprint density at radius 1 is 0.944 bits per heavy atom. The molecule has 1 N–H and O–H groups in total. The van der Waals surface area contributed by atoms with Gasteiger partial charge in [0.1, 0.15) is 0 Å². The van der Waals surface area contributed by atoms with Gasteiger partial charge in [0.2, 0.25) is 0 Å². The van der Waals surface area contributed by atoms with Gasteiger partial charge in [-0.2, -0.15) is 0 Å². The first kappa shape index (κ1) is 12.9. The zero-order chi connectivity index (χ0) is 12.4. The average molecular weight is 251 g/mol. The Hall–Kier alpha value is -0.120. The summed E-state index contributed by atoms with van der Waals surface area (Å²) in [5.74, 6) is 1.82. The van der Waals surface area contributed by atoms with E-state index in [4.69, 9.17) is 0 Å². The molecule has 3 fully saturated rings. The lowest BCUT2D eigenvalue weighted by molar-refractivity contribution is 0.204. The first-order chi connectivity index (χ1) is 8.81. The second kappa shape index (κ2) is 5.89. The third-order valence-electron chi connectivity index (χ3n) is 4.97. The van der Waals surface area contributed by atoms with Gasteiger partial charge in [-0.1, -0.05) is 0 Å². The molecule has 0 bridgehead atoms. The second-order valence-corrected chi connectivity index (χ2v) is 6.81. The monoisotopic (exact) mass is 251 g/mol. The van der Waals surface area contributed by atoms with Crippen molar-refractivity contribution in [1.29, 1.82) is 0 Å². The number of hydrogen-bond acceptors (Lipinski definition) is 3. The Labute approximate surface area is 112 Å². The average Bonchev–Trinajstić information content (AvgIpc) is 3.10. The molecule has 1 aliphatic carbocycles. The first-order valence-electron chi connectivity index (χ1n) is 7.94. The van der Waals surface area contributed by atoms with E-state index in [0.29, 0.717) is 0 Å². The van der Waals surface area contributed by atoms with Crippen LogP contribution >= 0.6 is 0 Å². The van der Waals surface area contributed by atoms with Gasteiger partial charge in [-0.25, -0.2) is 0 Å². The van der Waals surface area contributed by atoms with Crippen LogP contribution in [0.15, 0.2) is 0 Å². The predicted octanol–water partition coefficient (Wildman–Crippen LogP) is 1.40. The molecule has 0 radical (unpaired) electrons. The molecule has 0 aromatic heterocycles. The SMILES string of the molecule is CN1CCCC(CNCC2CCN(C3CC3)C2)C1. The Morgan fingerprint density at radius 3 is 2.44 bits per heavy atom. The molecular weight excluding hydrogens is 222 g/mol. The zero-order valence-electron chi connectivity index (χ0n) is 11.9. The van der Waals surface area contributed by atoms with Crippen LogP contribution in [-0.2, 0) is 0 Å². The van der Waals surface area contributed by atoms with E-state index in [-0.39, 0.29) is 0 Å². The quantitative estimate of drug-likeness (QED) is 0.797. The van der Waals surface area contributed by atoms with Crippen molar-refractivity contribution in [2.24, 2.45) is 11.8 Å². The molecule has 3 heteroatoms. The number of piperidine rings is 1. The van der Waals surface area contributed by atoms with Crippen molar-refractivity contribution in [3.05, 3.63) is 0 Å². The van der Waals surface area contributed by atoms with Crippen LogP contribution in [-0.4, -0.2) is 62.2 Å². The highest BCUT2D eigenvalue weighted by molar-refractivity contribution is 4.90. The molecule has 2 atom stereocenters.